The smallest absolute Gasteiger partial charge is 0.339 e. The molecule has 0 radical (unpaired) electrons. The first-order valence-corrected chi connectivity index (χ1v) is 8.39. The summed E-state index contributed by atoms with van der Waals surface area (Å²) in [6.07, 6.45) is 1.57. The van der Waals surface area contributed by atoms with E-state index < -0.39 is 5.97 Å². The average Bonchev–Trinajstić information content (AvgIpc) is 3.04. The summed E-state index contributed by atoms with van der Waals surface area (Å²) < 4.78 is 8.24. The molecule has 0 unspecified atom stereocenters. The molecule has 0 fully saturated rings. The van der Waals surface area contributed by atoms with Crippen LogP contribution in [-0.2, 0) is 6.54 Å². The summed E-state index contributed by atoms with van der Waals surface area (Å²) in [5.74, 6) is 0.261. The molecular weight excluding hydrogens is 437 g/mol. The number of carboxylic acids is 1. The summed E-state index contributed by atoms with van der Waals surface area (Å²) in [6, 6.07) is 10.3. The van der Waals surface area contributed by atoms with Crippen LogP contribution in [0.1, 0.15) is 10.4 Å². The van der Waals surface area contributed by atoms with Crippen LogP contribution in [0, 0.1) is 3.57 Å². The number of anilines is 1. The second-order valence-corrected chi connectivity index (χ2v) is 6.34. The molecule has 0 saturated heterocycles. The second-order valence-electron chi connectivity index (χ2n) is 5.09. The third-order valence-electron chi connectivity index (χ3n) is 3.38. The lowest BCUT2D eigenvalue weighted by molar-refractivity contribution is 0.0692. The summed E-state index contributed by atoms with van der Waals surface area (Å²) in [5, 5.41) is 17.2. The molecule has 25 heavy (non-hydrogen) atoms. The van der Waals surface area contributed by atoms with E-state index in [1.165, 1.54) is 0 Å². The molecular formula is C16H14IN5O3. The van der Waals surface area contributed by atoms with Gasteiger partial charge in [0, 0.05) is 3.57 Å². The number of carbonyl (C=O) groups is 1. The number of halogens is 1. The number of aromatic nitrogens is 4. The van der Waals surface area contributed by atoms with Crippen molar-refractivity contribution in [3.63, 3.8) is 0 Å². The quantitative estimate of drug-likeness (QED) is 0.553. The molecule has 0 aliphatic rings. The van der Waals surface area contributed by atoms with Gasteiger partial charge in [0.2, 0.25) is 0 Å². The van der Waals surface area contributed by atoms with E-state index in [0.29, 0.717) is 29.6 Å². The van der Waals surface area contributed by atoms with E-state index in [2.05, 4.69) is 37.8 Å². The van der Waals surface area contributed by atoms with Crippen LogP contribution < -0.4 is 10.5 Å². The lowest BCUT2D eigenvalue weighted by atomic mass is 10.2. The van der Waals surface area contributed by atoms with E-state index in [-0.39, 0.29) is 12.2 Å². The predicted molar refractivity (Wildman–Crippen MR) is 99.3 cm³/mol. The van der Waals surface area contributed by atoms with E-state index in [1.54, 1.807) is 47.3 Å². The fourth-order valence-electron chi connectivity index (χ4n) is 2.24. The van der Waals surface area contributed by atoms with Crippen LogP contribution in [0.4, 0.5) is 5.82 Å². The Balaban J connectivity index is 1.72. The second kappa shape index (κ2) is 7.47. The van der Waals surface area contributed by atoms with Gasteiger partial charge in [-0.25, -0.2) is 9.78 Å². The molecule has 0 bridgehead atoms. The van der Waals surface area contributed by atoms with E-state index in [9.17, 15) is 9.90 Å². The van der Waals surface area contributed by atoms with E-state index in [4.69, 9.17) is 10.5 Å². The van der Waals surface area contributed by atoms with Crippen molar-refractivity contribution in [1.82, 2.24) is 19.7 Å². The summed E-state index contributed by atoms with van der Waals surface area (Å²) >= 11 is 2.06. The number of nitrogens with two attached hydrogens (primary N) is 1. The lowest BCUT2D eigenvalue weighted by Crippen LogP contribution is -2.11. The number of benzene rings is 1. The highest BCUT2D eigenvalue weighted by molar-refractivity contribution is 14.1. The monoisotopic (exact) mass is 451 g/mol. The molecule has 1 aromatic carbocycles. The van der Waals surface area contributed by atoms with Gasteiger partial charge in [0.15, 0.2) is 5.82 Å². The minimum atomic E-state index is -1.03. The van der Waals surface area contributed by atoms with Crippen molar-refractivity contribution in [3.05, 3.63) is 51.9 Å². The molecule has 3 N–H and O–H groups in total. The van der Waals surface area contributed by atoms with Crippen molar-refractivity contribution in [2.75, 3.05) is 12.3 Å². The molecule has 8 nitrogen and oxygen atoms in total. The Morgan fingerprint density at radius 1 is 1.32 bits per heavy atom. The van der Waals surface area contributed by atoms with Crippen LogP contribution >= 0.6 is 22.6 Å². The highest BCUT2D eigenvalue weighted by Gasteiger charge is 2.13. The standard InChI is InChI=1S/C16H14IN5O3/c17-10-4-5-13(11(8-10)16(23)24)25-7-6-22-9-19-21-15(22)12-2-1-3-14(18)20-12/h1-5,8-9H,6-7H2,(H2,18,20)(H,23,24). The van der Waals surface area contributed by atoms with Crippen molar-refractivity contribution in [2.24, 2.45) is 0 Å². The third-order valence-corrected chi connectivity index (χ3v) is 4.05. The predicted octanol–water partition coefficient (Wildman–Crippen LogP) is 2.30. The van der Waals surface area contributed by atoms with Gasteiger partial charge in [-0.1, -0.05) is 6.07 Å². The van der Waals surface area contributed by atoms with Gasteiger partial charge < -0.3 is 20.1 Å². The Hall–Kier alpha value is -2.69. The number of hydrogen-bond acceptors (Lipinski definition) is 6. The minimum Gasteiger partial charge on any atom is -0.491 e. The summed E-state index contributed by atoms with van der Waals surface area (Å²) in [6.45, 7) is 0.693. The van der Waals surface area contributed by atoms with Crippen molar-refractivity contribution in [1.29, 1.82) is 0 Å². The van der Waals surface area contributed by atoms with Crippen LogP contribution in [0.3, 0.4) is 0 Å². The summed E-state index contributed by atoms with van der Waals surface area (Å²) in [4.78, 5) is 15.5. The maximum Gasteiger partial charge on any atom is 0.339 e. The normalized spacial score (nSPS) is 10.6. The number of nitrogen functional groups attached to an aromatic ring is 1. The van der Waals surface area contributed by atoms with Crippen molar-refractivity contribution >= 4 is 34.4 Å². The largest absolute Gasteiger partial charge is 0.491 e. The molecule has 3 rings (SSSR count). The molecule has 128 valence electrons. The molecule has 0 saturated carbocycles. The van der Waals surface area contributed by atoms with Crippen molar-refractivity contribution in [2.45, 2.75) is 6.54 Å². The Morgan fingerprint density at radius 3 is 2.92 bits per heavy atom. The number of ether oxygens (including phenoxy) is 1. The Morgan fingerprint density at radius 2 is 2.16 bits per heavy atom. The fourth-order valence-corrected chi connectivity index (χ4v) is 2.73. The van der Waals surface area contributed by atoms with E-state index in [0.717, 1.165) is 3.57 Å². The first-order valence-electron chi connectivity index (χ1n) is 7.31. The SMILES string of the molecule is Nc1cccc(-c2nncn2CCOc2ccc(I)cc2C(=O)O)n1. The molecule has 0 aliphatic carbocycles. The zero-order valence-electron chi connectivity index (χ0n) is 13.0. The Kier molecular flexibility index (Phi) is 5.12. The third kappa shape index (κ3) is 4.05. The van der Waals surface area contributed by atoms with Gasteiger partial charge in [-0.3, -0.25) is 0 Å². The van der Waals surface area contributed by atoms with Gasteiger partial charge >= 0.3 is 5.97 Å². The number of carboxylic acid groups (broad SMARTS) is 1. The highest BCUT2D eigenvalue weighted by Crippen LogP contribution is 2.22. The van der Waals surface area contributed by atoms with E-state index in [1.807, 2.05) is 0 Å². The fraction of sp³-hybridized carbons (Fsp3) is 0.125. The maximum atomic E-state index is 11.3. The van der Waals surface area contributed by atoms with Crippen molar-refractivity contribution < 1.29 is 14.6 Å². The molecule has 3 aromatic rings. The summed E-state index contributed by atoms with van der Waals surface area (Å²) in [7, 11) is 0. The first kappa shape index (κ1) is 17.1. The Labute approximate surface area is 156 Å². The maximum absolute atomic E-state index is 11.3. The minimum absolute atomic E-state index is 0.133. The van der Waals surface area contributed by atoms with Crippen LogP contribution in [0.5, 0.6) is 5.75 Å². The number of hydrogen-bond donors (Lipinski definition) is 2. The molecule has 2 aromatic heterocycles. The highest BCUT2D eigenvalue weighted by atomic mass is 127. The molecule has 2 heterocycles. The van der Waals surface area contributed by atoms with Gasteiger partial charge in [-0.15, -0.1) is 10.2 Å². The van der Waals surface area contributed by atoms with Crippen LogP contribution in [0.25, 0.3) is 11.5 Å². The molecule has 0 spiro atoms. The number of aromatic carboxylic acids is 1. The zero-order valence-corrected chi connectivity index (χ0v) is 15.1. The first-order chi connectivity index (χ1) is 12.0. The van der Waals surface area contributed by atoms with Gasteiger partial charge in [0.1, 0.15) is 35.8 Å². The number of pyridine rings is 1. The molecule has 9 heteroatoms. The van der Waals surface area contributed by atoms with Gasteiger partial charge in [-0.05, 0) is 52.9 Å². The summed E-state index contributed by atoms with van der Waals surface area (Å²) in [5.41, 5.74) is 6.44. The Bertz CT molecular complexity index is 912. The lowest BCUT2D eigenvalue weighted by Gasteiger charge is -2.11. The van der Waals surface area contributed by atoms with Crippen LogP contribution in [0.2, 0.25) is 0 Å². The molecule has 0 aliphatic heterocycles. The van der Waals surface area contributed by atoms with Crippen LogP contribution in [0.15, 0.2) is 42.7 Å². The number of nitrogens with zero attached hydrogens (tertiary/aromatic N) is 4. The van der Waals surface area contributed by atoms with E-state index >= 15 is 0 Å². The molecule has 0 atom stereocenters. The average molecular weight is 451 g/mol. The molecule has 0 amide bonds. The topological polar surface area (TPSA) is 116 Å². The zero-order chi connectivity index (χ0) is 17.8. The van der Waals surface area contributed by atoms with Crippen LogP contribution in [-0.4, -0.2) is 37.4 Å². The van der Waals surface area contributed by atoms with Gasteiger partial charge in [0.25, 0.3) is 0 Å². The van der Waals surface area contributed by atoms with Gasteiger partial charge in [0.05, 0.1) is 6.54 Å². The van der Waals surface area contributed by atoms with Crippen molar-refractivity contribution in [3.8, 4) is 17.3 Å². The number of rotatable bonds is 6. The van der Waals surface area contributed by atoms with Gasteiger partial charge in [-0.2, -0.15) is 0 Å².